The second-order valence-corrected chi connectivity index (χ2v) is 9.22. The minimum absolute atomic E-state index is 0.153. The van der Waals surface area contributed by atoms with Gasteiger partial charge in [0.15, 0.2) is 6.29 Å². The molecule has 0 aliphatic carbocycles. The molecule has 8 atom stereocenters. The Morgan fingerprint density at radius 3 is 2.26 bits per heavy atom. The van der Waals surface area contributed by atoms with Crippen LogP contribution in [-0.2, 0) is 14.2 Å². The Hall–Kier alpha value is -2.78. The van der Waals surface area contributed by atoms with Crippen LogP contribution < -0.4 is 9.47 Å². The Kier molecular flexibility index (Phi) is 8.88. The highest BCUT2D eigenvalue weighted by Crippen LogP contribution is 2.30. The van der Waals surface area contributed by atoms with Crippen molar-refractivity contribution in [3.05, 3.63) is 53.6 Å². The number of phenols is 1. The first-order chi connectivity index (χ1) is 18.1. The first-order valence-electron chi connectivity index (χ1n) is 11.9. The van der Waals surface area contributed by atoms with Crippen molar-refractivity contribution in [2.24, 2.45) is 0 Å². The number of ether oxygens (including phenoxy) is 5. The fourth-order valence-corrected chi connectivity index (χ4v) is 4.06. The number of aliphatic hydroxyl groups is 6. The van der Waals surface area contributed by atoms with E-state index in [-0.39, 0.29) is 18.1 Å². The van der Waals surface area contributed by atoms with E-state index in [1.165, 1.54) is 7.11 Å². The molecule has 7 N–H and O–H groups in total. The van der Waals surface area contributed by atoms with E-state index < -0.39 is 61.9 Å². The lowest BCUT2D eigenvalue weighted by atomic mass is 9.99. The summed E-state index contributed by atoms with van der Waals surface area (Å²) < 4.78 is 27.4. The fourth-order valence-electron chi connectivity index (χ4n) is 4.06. The van der Waals surface area contributed by atoms with Crippen molar-refractivity contribution in [1.29, 1.82) is 0 Å². The zero-order chi connectivity index (χ0) is 27.4. The van der Waals surface area contributed by atoms with Gasteiger partial charge in [-0.1, -0.05) is 24.3 Å². The molecular weight excluding hydrogens is 504 g/mol. The summed E-state index contributed by atoms with van der Waals surface area (Å²) in [6, 6.07) is 11.6. The van der Waals surface area contributed by atoms with Crippen molar-refractivity contribution in [2.45, 2.75) is 48.7 Å². The second-order valence-electron chi connectivity index (χ2n) is 9.22. The minimum Gasteiger partial charge on any atom is -0.508 e. The molecule has 2 aliphatic rings. The van der Waals surface area contributed by atoms with Crippen LogP contribution in [0.2, 0.25) is 0 Å². The minimum atomic E-state index is -1.89. The molecule has 0 radical (unpaired) electrons. The third kappa shape index (κ3) is 6.26. The molecule has 0 unspecified atom stereocenters. The van der Waals surface area contributed by atoms with Gasteiger partial charge in [0.25, 0.3) is 0 Å². The van der Waals surface area contributed by atoms with Crippen molar-refractivity contribution in [1.82, 2.24) is 0 Å². The van der Waals surface area contributed by atoms with Crippen molar-refractivity contribution in [3.8, 4) is 17.2 Å². The summed E-state index contributed by atoms with van der Waals surface area (Å²) in [5, 5.41) is 70.2. The predicted octanol–water partition coefficient (Wildman–Crippen LogP) is -0.785. The molecule has 208 valence electrons. The van der Waals surface area contributed by atoms with Crippen molar-refractivity contribution in [2.75, 3.05) is 26.9 Å². The van der Waals surface area contributed by atoms with Gasteiger partial charge in [0.2, 0.25) is 6.29 Å². The summed E-state index contributed by atoms with van der Waals surface area (Å²) in [5.74, 6) is 0.840. The number of hydrogen-bond donors (Lipinski definition) is 7. The number of phenolic OH excluding ortho intramolecular Hbond substituents is 1. The van der Waals surface area contributed by atoms with Gasteiger partial charge < -0.3 is 59.4 Å². The molecule has 0 saturated carbocycles. The molecule has 12 heteroatoms. The van der Waals surface area contributed by atoms with E-state index in [0.29, 0.717) is 11.3 Å². The summed E-state index contributed by atoms with van der Waals surface area (Å²) in [7, 11) is 1.48. The SMILES string of the molecule is COc1cc(/C=C/c2ccc(O)cc2)cc(O[C@@H]2O[C@H](CO[C@@H]3OC[C@](O)(CO)[C@H]3O)[C@@H](O)[C@H](O)[C@H]2O)c1. The van der Waals surface area contributed by atoms with Gasteiger partial charge in [-0.2, -0.15) is 0 Å². The van der Waals surface area contributed by atoms with Crippen LogP contribution in [0.1, 0.15) is 11.1 Å². The Balaban J connectivity index is 1.45. The summed E-state index contributed by atoms with van der Waals surface area (Å²) >= 11 is 0. The third-order valence-electron chi connectivity index (χ3n) is 6.42. The summed E-state index contributed by atoms with van der Waals surface area (Å²) in [6.07, 6.45) is -6.70. The fraction of sp³-hybridized carbons (Fsp3) is 0.462. The summed E-state index contributed by atoms with van der Waals surface area (Å²) in [5.41, 5.74) is -0.367. The van der Waals surface area contributed by atoms with E-state index in [1.54, 1.807) is 48.5 Å². The first-order valence-corrected chi connectivity index (χ1v) is 11.9. The number of aliphatic hydroxyl groups excluding tert-OH is 5. The Morgan fingerprint density at radius 2 is 1.61 bits per heavy atom. The monoisotopic (exact) mass is 536 g/mol. The van der Waals surface area contributed by atoms with Crippen LogP contribution in [0.25, 0.3) is 12.2 Å². The highest BCUT2D eigenvalue weighted by molar-refractivity contribution is 5.71. The predicted molar refractivity (Wildman–Crippen MR) is 131 cm³/mol. The standard InChI is InChI=1S/C26H32O12/c1-34-17-8-15(3-2-14-4-6-16(28)7-5-14)9-18(10-17)37-24-22(31)21(30)20(29)19(38-24)11-35-25-23(32)26(33,12-27)13-36-25/h2-10,19-25,27-33H,11-13H2,1H3/b3-2+/t19-,20-,21+,22-,23+,24-,25-,26-/m1/s1. The Morgan fingerprint density at radius 1 is 0.921 bits per heavy atom. The van der Waals surface area contributed by atoms with Crippen LogP contribution in [0.4, 0.5) is 0 Å². The van der Waals surface area contributed by atoms with Crippen LogP contribution in [0, 0.1) is 0 Å². The molecule has 0 spiro atoms. The Labute approximate surface area is 218 Å². The molecule has 4 rings (SSSR count). The molecule has 2 fully saturated rings. The topological polar surface area (TPSA) is 188 Å². The molecule has 0 aromatic heterocycles. The van der Waals surface area contributed by atoms with E-state index >= 15 is 0 Å². The maximum Gasteiger partial charge on any atom is 0.229 e. The zero-order valence-electron chi connectivity index (χ0n) is 20.5. The molecule has 2 heterocycles. The lowest BCUT2D eigenvalue weighted by molar-refractivity contribution is -0.289. The highest BCUT2D eigenvalue weighted by Gasteiger charge is 2.50. The average Bonchev–Trinajstić information content (AvgIpc) is 3.21. The van der Waals surface area contributed by atoms with Crippen LogP contribution >= 0.6 is 0 Å². The molecule has 38 heavy (non-hydrogen) atoms. The third-order valence-corrected chi connectivity index (χ3v) is 6.42. The van der Waals surface area contributed by atoms with Gasteiger partial charge in [-0.05, 0) is 35.4 Å². The van der Waals surface area contributed by atoms with Gasteiger partial charge in [-0.15, -0.1) is 0 Å². The number of benzene rings is 2. The molecule has 2 aromatic carbocycles. The summed E-state index contributed by atoms with van der Waals surface area (Å²) in [4.78, 5) is 0. The van der Waals surface area contributed by atoms with Gasteiger partial charge in [0.1, 0.15) is 53.4 Å². The quantitative estimate of drug-likeness (QED) is 0.198. The van der Waals surface area contributed by atoms with E-state index in [2.05, 4.69) is 0 Å². The van der Waals surface area contributed by atoms with E-state index in [9.17, 15) is 35.7 Å². The van der Waals surface area contributed by atoms with E-state index in [0.717, 1.165) is 5.56 Å². The van der Waals surface area contributed by atoms with Crippen LogP contribution in [0.5, 0.6) is 17.2 Å². The lowest BCUT2D eigenvalue weighted by Crippen LogP contribution is -2.60. The number of hydrogen-bond acceptors (Lipinski definition) is 12. The molecule has 2 aliphatic heterocycles. The summed E-state index contributed by atoms with van der Waals surface area (Å²) in [6.45, 7) is -1.51. The van der Waals surface area contributed by atoms with E-state index in [4.69, 9.17) is 23.7 Å². The molecule has 0 bridgehead atoms. The van der Waals surface area contributed by atoms with Crippen molar-refractivity contribution in [3.63, 3.8) is 0 Å². The van der Waals surface area contributed by atoms with Crippen LogP contribution in [0.3, 0.4) is 0 Å². The number of methoxy groups -OCH3 is 1. The van der Waals surface area contributed by atoms with Crippen LogP contribution in [-0.4, -0.2) is 111 Å². The van der Waals surface area contributed by atoms with Crippen molar-refractivity contribution >= 4 is 12.2 Å². The molecule has 12 nitrogen and oxygen atoms in total. The van der Waals surface area contributed by atoms with Gasteiger partial charge in [0, 0.05) is 6.07 Å². The highest BCUT2D eigenvalue weighted by atomic mass is 16.7. The largest absolute Gasteiger partial charge is 0.508 e. The van der Waals surface area contributed by atoms with Crippen LogP contribution in [0.15, 0.2) is 42.5 Å². The smallest absolute Gasteiger partial charge is 0.229 e. The molecule has 0 amide bonds. The maximum absolute atomic E-state index is 10.5. The average molecular weight is 537 g/mol. The Bertz CT molecular complexity index is 1090. The molecular formula is C26H32O12. The van der Waals surface area contributed by atoms with E-state index in [1.807, 2.05) is 6.08 Å². The van der Waals surface area contributed by atoms with Gasteiger partial charge in [0.05, 0.1) is 26.9 Å². The van der Waals surface area contributed by atoms with Gasteiger partial charge in [-0.25, -0.2) is 0 Å². The number of rotatable bonds is 9. The number of aromatic hydroxyl groups is 1. The lowest BCUT2D eigenvalue weighted by Gasteiger charge is -2.40. The zero-order valence-corrected chi connectivity index (χ0v) is 20.5. The molecule has 2 saturated heterocycles. The first kappa shape index (κ1) is 28.2. The second kappa shape index (κ2) is 11.9. The normalized spacial score (nSPS) is 33.5. The molecule has 2 aromatic rings. The maximum atomic E-state index is 10.5. The van der Waals surface area contributed by atoms with Gasteiger partial charge in [-0.3, -0.25) is 0 Å². The van der Waals surface area contributed by atoms with Gasteiger partial charge >= 0.3 is 0 Å². The van der Waals surface area contributed by atoms with Crippen molar-refractivity contribution < 1.29 is 59.4 Å².